The molecule has 0 spiro atoms. The zero-order valence-electron chi connectivity index (χ0n) is 12.7. The van der Waals surface area contributed by atoms with Gasteiger partial charge < -0.3 is 19.5 Å². The molecule has 0 fully saturated rings. The van der Waals surface area contributed by atoms with Crippen LogP contribution in [-0.2, 0) is 13.1 Å². The minimum absolute atomic E-state index is 0.735. The van der Waals surface area contributed by atoms with Gasteiger partial charge in [-0.15, -0.1) is 0 Å². The summed E-state index contributed by atoms with van der Waals surface area (Å²) < 4.78 is 15.7. The highest BCUT2D eigenvalue weighted by Gasteiger charge is 2.04. The predicted octanol–water partition coefficient (Wildman–Crippen LogP) is 3.00. The Morgan fingerprint density at radius 1 is 0.762 bits per heavy atom. The maximum Gasteiger partial charge on any atom is 0.127 e. The molecule has 0 saturated carbocycles. The molecular formula is C17H21NO3. The molecule has 0 bridgehead atoms. The highest BCUT2D eigenvalue weighted by molar-refractivity contribution is 5.40. The number of ether oxygens (including phenoxy) is 3. The molecule has 112 valence electrons. The second-order valence-electron chi connectivity index (χ2n) is 4.63. The summed E-state index contributed by atoms with van der Waals surface area (Å²) in [7, 11) is 4.99. The van der Waals surface area contributed by atoms with Gasteiger partial charge in [-0.2, -0.15) is 0 Å². The molecule has 4 heteroatoms. The van der Waals surface area contributed by atoms with Crippen molar-refractivity contribution in [3.05, 3.63) is 53.6 Å². The number of benzene rings is 2. The lowest BCUT2D eigenvalue weighted by atomic mass is 10.1. The molecule has 0 aliphatic heterocycles. The van der Waals surface area contributed by atoms with Gasteiger partial charge in [0.2, 0.25) is 0 Å². The fourth-order valence-corrected chi connectivity index (χ4v) is 2.08. The Morgan fingerprint density at radius 3 is 2.05 bits per heavy atom. The molecule has 0 unspecified atom stereocenters. The van der Waals surface area contributed by atoms with Gasteiger partial charge in [0.25, 0.3) is 0 Å². The van der Waals surface area contributed by atoms with E-state index in [0.29, 0.717) is 0 Å². The van der Waals surface area contributed by atoms with E-state index in [0.717, 1.165) is 35.9 Å². The van der Waals surface area contributed by atoms with E-state index in [1.165, 1.54) is 5.56 Å². The standard InChI is InChI=1S/C17H21NO3/c1-19-15-7-4-13(5-8-15)11-18-12-14-6-9-16(20-2)10-17(14)21-3/h4-10,18H,11-12H2,1-3H3. The van der Waals surface area contributed by atoms with E-state index in [2.05, 4.69) is 17.4 Å². The van der Waals surface area contributed by atoms with Crippen LogP contribution in [0.15, 0.2) is 42.5 Å². The predicted molar refractivity (Wildman–Crippen MR) is 83.1 cm³/mol. The highest BCUT2D eigenvalue weighted by Crippen LogP contribution is 2.24. The molecule has 0 aliphatic carbocycles. The van der Waals surface area contributed by atoms with Crippen molar-refractivity contribution < 1.29 is 14.2 Å². The molecule has 4 nitrogen and oxygen atoms in total. The van der Waals surface area contributed by atoms with Crippen LogP contribution in [0.2, 0.25) is 0 Å². The first-order chi connectivity index (χ1) is 10.3. The molecule has 0 heterocycles. The van der Waals surface area contributed by atoms with Crippen LogP contribution in [0.5, 0.6) is 17.2 Å². The summed E-state index contributed by atoms with van der Waals surface area (Å²) in [5.74, 6) is 2.50. The average molecular weight is 287 g/mol. The lowest BCUT2D eigenvalue weighted by Gasteiger charge is -2.11. The van der Waals surface area contributed by atoms with Gasteiger partial charge in [0.15, 0.2) is 0 Å². The SMILES string of the molecule is COc1ccc(CNCc2ccc(OC)cc2OC)cc1. The number of rotatable bonds is 7. The summed E-state index contributed by atoms with van der Waals surface area (Å²) in [6.45, 7) is 1.53. The second-order valence-corrected chi connectivity index (χ2v) is 4.63. The maximum atomic E-state index is 5.38. The van der Waals surface area contributed by atoms with Crippen LogP contribution in [0, 0.1) is 0 Å². The Hall–Kier alpha value is -2.20. The van der Waals surface area contributed by atoms with Crippen molar-refractivity contribution in [2.45, 2.75) is 13.1 Å². The van der Waals surface area contributed by atoms with Gasteiger partial charge in [-0.05, 0) is 23.8 Å². The average Bonchev–Trinajstić information content (AvgIpc) is 2.55. The van der Waals surface area contributed by atoms with Crippen molar-refractivity contribution >= 4 is 0 Å². The van der Waals surface area contributed by atoms with Gasteiger partial charge in [-0.3, -0.25) is 0 Å². The Morgan fingerprint density at radius 2 is 1.43 bits per heavy atom. The van der Waals surface area contributed by atoms with Gasteiger partial charge in [0, 0.05) is 24.7 Å². The third kappa shape index (κ3) is 4.13. The quantitative estimate of drug-likeness (QED) is 0.850. The van der Waals surface area contributed by atoms with Gasteiger partial charge in [0.05, 0.1) is 21.3 Å². The van der Waals surface area contributed by atoms with Crippen LogP contribution < -0.4 is 19.5 Å². The van der Waals surface area contributed by atoms with Crippen molar-refractivity contribution in [2.75, 3.05) is 21.3 Å². The van der Waals surface area contributed by atoms with E-state index in [1.54, 1.807) is 21.3 Å². The minimum atomic E-state index is 0.735. The number of methoxy groups -OCH3 is 3. The summed E-state index contributed by atoms with van der Waals surface area (Å²) >= 11 is 0. The van der Waals surface area contributed by atoms with Crippen LogP contribution in [-0.4, -0.2) is 21.3 Å². The summed E-state index contributed by atoms with van der Waals surface area (Å²) in [6.07, 6.45) is 0. The first kappa shape index (κ1) is 15.2. The Balaban J connectivity index is 1.93. The Labute approximate surface area is 125 Å². The summed E-state index contributed by atoms with van der Waals surface area (Å²) in [5, 5.41) is 3.41. The number of hydrogen-bond donors (Lipinski definition) is 1. The van der Waals surface area contributed by atoms with Crippen molar-refractivity contribution in [2.24, 2.45) is 0 Å². The topological polar surface area (TPSA) is 39.7 Å². The fraction of sp³-hybridized carbons (Fsp3) is 0.294. The zero-order chi connectivity index (χ0) is 15.1. The number of nitrogens with one attached hydrogen (secondary N) is 1. The molecule has 2 aromatic carbocycles. The molecule has 0 amide bonds. The zero-order valence-corrected chi connectivity index (χ0v) is 12.7. The van der Waals surface area contributed by atoms with Gasteiger partial charge in [-0.1, -0.05) is 18.2 Å². The Bertz CT molecular complexity index is 567. The van der Waals surface area contributed by atoms with E-state index in [-0.39, 0.29) is 0 Å². The van der Waals surface area contributed by atoms with Crippen LogP contribution >= 0.6 is 0 Å². The first-order valence-electron chi connectivity index (χ1n) is 6.81. The van der Waals surface area contributed by atoms with E-state index >= 15 is 0 Å². The first-order valence-corrected chi connectivity index (χ1v) is 6.81. The van der Waals surface area contributed by atoms with Crippen molar-refractivity contribution in [3.63, 3.8) is 0 Å². The van der Waals surface area contributed by atoms with Crippen LogP contribution in [0.4, 0.5) is 0 Å². The molecule has 0 aliphatic rings. The molecular weight excluding hydrogens is 266 g/mol. The lowest BCUT2D eigenvalue weighted by molar-refractivity contribution is 0.390. The third-order valence-corrected chi connectivity index (χ3v) is 3.30. The number of hydrogen-bond acceptors (Lipinski definition) is 4. The molecule has 0 radical (unpaired) electrons. The molecule has 21 heavy (non-hydrogen) atoms. The second kappa shape index (κ2) is 7.55. The van der Waals surface area contributed by atoms with Crippen LogP contribution in [0.1, 0.15) is 11.1 Å². The largest absolute Gasteiger partial charge is 0.497 e. The molecule has 0 saturated heterocycles. The Kier molecular flexibility index (Phi) is 5.46. The van der Waals surface area contributed by atoms with E-state index < -0.39 is 0 Å². The highest BCUT2D eigenvalue weighted by atomic mass is 16.5. The van der Waals surface area contributed by atoms with Crippen molar-refractivity contribution in [3.8, 4) is 17.2 Å². The molecule has 0 aromatic heterocycles. The molecule has 2 aromatic rings. The van der Waals surface area contributed by atoms with E-state index in [1.807, 2.05) is 30.3 Å². The van der Waals surface area contributed by atoms with Crippen LogP contribution in [0.25, 0.3) is 0 Å². The van der Waals surface area contributed by atoms with E-state index in [4.69, 9.17) is 14.2 Å². The fourth-order valence-electron chi connectivity index (χ4n) is 2.08. The molecule has 0 atom stereocenters. The van der Waals surface area contributed by atoms with Crippen LogP contribution in [0.3, 0.4) is 0 Å². The molecule has 1 N–H and O–H groups in total. The summed E-state index contributed by atoms with van der Waals surface area (Å²) in [6, 6.07) is 13.9. The smallest absolute Gasteiger partial charge is 0.127 e. The van der Waals surface area contributed by atoms with Gasteiger partial charge in [0.1, 0.15) is 17.2 Å². The van der Waals surface area contributed by atoms with Gasteiger partial charge in [-0.25, -0.2) is 0 Å². The minimum Gasteiger partial charge on any atom is -0.497 e. The summed E-state index contributed by atoms with van der Waals surface area (Å²) in [5.41, 5.74) is 2.31. The van der Waals surface area contributed by atoms with Crippen molar-refractivity contribution in [1.29, 1.82) is 0 Å². The summed E-state index contributed by atoms with van der Waals surface area (Å²) in [4.78, 5) is 0. The maximum absolute atomic E-state index is 5.38. The lowest BCUT2D eigenvalue weighted by Crippen LogP contribution is -2.13. The molecule has 2 rings (SSSR count). The van der Waals surface area contributed by atoms with E-state index in [9.17, 15) is 0 Å². The third-order valence-electron chi connectivity index (χ3n) is 3.30. The van der Waals surface area contributed by atoms with Gasteiger partial charge >= 0.3 is 0 Å². The normalized spacial score (nSPS) is 10.2. The van der Waals surface area contributed by atoms with Crippen molar-refractivity contribution in [1.82, 2.24) is 5.32 Å². The monoisotopic (exact) mass is 287 g/mol.